The number of sulfone groups is 1. The number of halogens is 3. The van der Waals surface area contributed by atoms with Crippen molar-refractivity contribution >= 4 is 9.84 Å². The molecule has 3 aromatic carbocycles. The van der Waals surface area contributed by atoms with Gasteiger partial charge in [-0.25, -0.2) is 8.42 Å². The number of nitrogens with one attached hydrogen (secondary N) is 1. The van der Waals surface area contributed by atoms with E-state index in [1.165, 1.54) is 12.1 Å². The maximum atomic E-state index is 13.6. The summed E-state index contributed by atoms with van der Waals surface area (Å²) in [6.45, 7) is 7.64. The molecule has 3 aromatic rings. The van der Waals surface area contributed by atoms with Crippen LogP contribution in [0, 0.1) is 6.92 Å². The van der Waals surface area contributed by atoms with Gasteiger partial charge in [0.15, 0.2) is 9.84 Å². The SMILES string of the molecule is Cc1ccc(S(=O)(=O)C2CNCCN2C(C)(C)c2ccc(OCc3ccc(C(F)(F)F)cc3)cc2)cc1. The highest BCUT2D eigenvalue weighted by molar-refractivity contribution is 7.92. The minimum atomic E-state index is -4.37. The zero-order valence-electron chi connectivity index (χ0n) is 21.0. The molecule has 1 N–H and O–H groups in total. The van der Waals surface area contributed by atoms with E-state index >= 15 is 0 Å². The average Bonchev–Trinajstić information content (AvgIpc) is 2.88. The Kier molecular flexibility index (Phi) is 7.69. The third-order valence-electron chi connectivity index (χ3n) is 6.87. The summed E-state index contributed by atoms with van der Waals surface area (Å²) < 4.78 is 71.2. The monoisotopic (exact) mass is 532 g/mol. The summed E-state index contributed by atoms with van der Waals surface area (Å²) in [5.41, 5.74) is 1.27. The predicted molar refractivity (Wildman–Crippen MR) is 137 cm³/mol. The van der Waals surface area contributed by atoms with Gasteiger partial charge in [0, 0.05) is 25.2 Å². The van der Waals surface area contributed by atoms with Crippen LogP contribution in [0.25, 0.3) is 0 Å². The third-order valence-corrected chi connectivity index (χ3v) is 8.94. The van der Waals surface area contributed by atoms with Crippen molar-refractivity contribution in [3.63, 3.8) is 0 Å². The molecular weight excluding hydrogens is 501 g/mol. The van der Waals surface area contributed by atoms with Gasteiger partial charge in [0.25, 0.3) is 0 Å². The van der Waals surface area contributed by atoms with Crippen molar-refractivity contribution in [3.8, 4) is 5.75 Å². The molecule has 0 aromatic heterocycles. The summed E-state index contributed by atoms with van der Waals surface area (Å²) in [5.74, 6) is 0.573. The lowest BCUT2D eigenvalue weighted by molar-refractivity contribution is -0.137. The highest BCUT2D eigenvalue weighted by Gasteiger charge is 2.42. The van der Waals surface area contributed by atoms with E-state index in [9.17, 15) is 21.6 Å². The number of ether oxygens (including phenoxy) is 1. The predicted octanol–water partition coefficient (Wildman–Crippen LogP) is 5.53. The van der Waals surface area contributed by atoms with Crippen molar-refractivity contribution in [1.82, 2.24) is 10.2 Å². The molecule has 37 heavy (non-hydrogen) atoms. The maximum absolute atomic E-state index is 13.6. The van der Waals surface area contributed by atoms with Crippen LogP contribution in [0.2, 0.25) is 0 Å². The number of nitrogens with zero attached hydrogens (tertiary/aromatic N) is 1. The van der Waals surface area contributed by atoms with Gasteiger partial charge in [-0.2, -0.15) is 13.2 Å². The summed E-state index contributed by atoms with van der Waals surface area (Å²) in [4.78, 5) is 2.33. The molecule has 1 heterocycles. The normalized spacial score (nSPS) is 17.5. The number of piperazine rings is 1. The molecule has 0 radical (unpaired) electrons. The minimum Gasteiger partial charge on any atom is -0.489 e. The lowest BCUT2D eigenvalue weighted by Crippen LogP contribution is -2.60. The molecule has 1 unspecified atom stereocenters. The van der Waals surface area contributed by atoms with Crippen LogP contribution in [0.5, 0.6) is 5.75 Å². The quantitative estimate of drug-likeness (QED) is 0.434. The molecule has 1 atom stereocenters. The third kappa shape index (κ3) is 6.00. The zero-order valence-corrected chi connectivity index (χ0v) is 21.9. The molecule has 4 rings (SSSR count). The summed E-state index contributed by atoms with van der Waals surface area (Å²) >= 11 is 0. The first-order valence-electron chi connectivity index (χ1n) is 12.1. The standard InChI is InChI=1S/C28H31F3N2O3S/c1-20-4-14-25(15-5-20)37(34,35)26-18-32-16-17-33(26)27(2,3)22-10-12-24(13-11-22)36-19-21-6-8-23(9-7-21)28(29,30)31/h4-15,26,32H,16-19H2,1-3H3. The van der Waals surface area contributed by atoms with E-state index in [0.717, 1.165) is 23.3 Å². The fourth-order valence-electron chi connectivity index (χ4n) is 4.56. The Morgan fingerprint density at radius 3 is 2.11 bits per heavy atom. The van der Waals surface area contributed by atoms with Crippen LogP contribution in [0.1, 0.15) is 36.1 Å². The van der Waals surface area contributed by atoms with Crippen LogP contribution in [0.15, 0.2) is 77.7 Å². The van der Waals surface area contributed by atoms with Crippen molar-refractivity contribution in [1.29, 1.82) is 0 Å². The number of benzene rings is 3. The van der Waals surface area contributed by atoms with Crippen LogP contribution < -0.4 is 10.1 Å². The largest absolute Gasteiger partial charge is 0.489 e. The van der Waals surface area contributed by atoms with E-state index in [2.05, 4.69) is 5.32 Å². The molecule has 5 nitrogen and oxygen atoms in total. The molecule has 198 valence electrons. The summed E-state index contributed by atoms with van der Waals surface area (Å²) in [6.07, 6.45) is -4.37. The van der Waals surface area contributed by atoms with E-state index in [0.29, 0.717) is 35.8 Å². The Balaban J connectivity index is 1.49. The molecule has 0 aliphatic carbocycles. The zero-order chi connectivity index (χ0) is 26.8. The van der Waals surface area contributed by atoms with Gasteiger partial charge in [0.05, 0.1) is 10.5 Å². The average molecular weight is 533 g/mol. The summed E-state index contributed by atoms with van der Waals surface area (Å²) in [7, 11) is -3.61. The van der Waals surface area contributed by atoms with Crippen molar-refractivity contribution in [3.05, 3.63) is 95.1 Å². The number of alkyl halides is 3. The Morgan fingerprint density at radius 1 is 0.919 bits per heavy atom. The van der Waals surface area contributed by atoms with Crippen LogP contribution in [-0.4, -0.2) is 38.3 Å². The second-order valence-electron chi connectivity index (χ2n) is 9.78. The Labute approximate surface area is 216 Å². The smallest absolute Gasteiger partial charge is 0.416 e. The van der Waals surface area contributed by atoms with Gasteiger partial charge >= 0.3 is 6.18 Å². The summed E-state index contributed by atoms with van der Waals surface area (Å²) in [5, 5.41) is 2.50. The maximum Gasteiger partial charge on any atom is 0.416 e. The fourth-order valence-corrected chi connectivity index (χ4v) is 6.43. The first-order valence-corrected chi connectivity index (χ1v) is 13.6. The van der Waals surface area contributed by atoms with Gasteiger partial charge < -0.3 is 10.1 Å². The van der Waals surface area contributed by atoms with Crippen LogP contribution in [0.4, 0.5) is 13.2 Å². The molecule has 0 bridgehead atoms. The first kappa shape index (κ1) is 27.2. The molecule has 9 heteroatoms. The Bertz CT molecular complexity index is 1300. The van der Waals surface area contributed by atoms with E-state index < -0.39 is 32.5 Å². The van der Waals surface area contributed by atoms with Gasteiger partial charge in [-0.3, -0.25) is 4.90 Å². The topological polar surface area (TPSA) is 58.6 Å². The van der Waals surface area contributed by atoms with Crippen molar-refractivity contribution in [2.24, 2.45) is 0 Å². The van der Waals surface area contributed by atoms with Gasteiger partial charge in [0.1, 0.15) is 17.7 Å². The van der Waals surface area contributed by atoms with E-state index in [1.54, 1.807) is 24.3 Å². The first-order chi connectivity index (χ1) is 17.4. The molecule has 1 aliphatic rings. The second kappa shape index (κ2) is 10.5. The molecule has 1 saturated heterocycles. The van der Waals surface area contributed by atoms with E-state index in [1.807, 2.05) is 49.9 Å². The molecule has 0 saturated carbocycles. The van der Waals surface area contributed by atoms with Crippen molar-refractivity contribution < 1.29 is 26.3 Å². The van der Waals surface area contributed by atoms with Gasteiger partial charge in [-0.05, 0) is 68.3 Å². The van der Waals surface area contributed by atoms with Crippen LogP contribution in [-0.2, 0) is 28.2 Å². The lowest BCUT2D eigenvalue weighted by Gasteiger charge is -2.46. The van der Waals surface area contributed by atoms with Gasteiger partial charge in [-0.1, -0.05) is 42.0 Å². The number of aryl methyl sites for hydroxylation is 1. The molecule has 1 fully saturated rings. The second-order valence-corrected chi connectivity index (χ2v) is 11.9. The molecule has 1 aliphatic heterocycles. The number of hydrogen-bond acceptors (Lipinski definition) is 5. The summed E-state index contributed by atoms with van der Waals surface area (Å²) in [6, 6.07) is 19.2. The van der Waals surface area contributed by atoms with Crippen molar-refractivity contribution in [2.75, 3.05) is 19.6 Å². The van der Waals surface area contributed by atoms with Crippen LogP contribution in [0.3, 0.4) is 0 Å². The Hall–Kier alpha value is -2.88. The number of hydrogen-bond donors (Lipinski definition) is 1. The molecular formula is C28H31F3N2O3S. The van der Waals surface area contributed by atoms with Crippen molar-refractivity contribution in [2.45, 2.75) is 49.4 Å². The Morgan fingerprint density at radius 2 is 1.51 bits per heavy atom. The molecule has 0 amide bonds. The fraction of sp³-hybridized carbons (Fsp3) is 0.357. The van der Waals surface area contributed by atoms with E-state index in [4.69, 9.17) is 4.74 Å². The number of rotatable bonds is 7. The van der Waals surface area contributed by atoms with Gasteiger partial charge in [-0.15, -0.1) is 0 Å². The van der Waals surface area contributed by atoms with Gasteiger partial charge in [0.2, 0.25) is 0 Å². The van der Waals surface area contributed by atoms with Crippen LogP contribution >= 0.6 is 0 Å². The highest BCUT2D eigenvalue weighted by atomic mass is 32.2. The highest BCUT2D eigenvalue weighted by Crippen LogP contribution is 2.35. The lowest BCUT2D eigenvalue weighted by atomic mass is 9.91. The minimum absolute atomic E-state index is 0.134. The molecule has 0 spiro atoms. The van der Waals surface area contributed by atoms with E-state index in [-0.39, 0.29) is 6.61 Å².